The van der Waals surface area contributed by atoms with Gasteiger partial charge in [0.2, 0.25) is 0 Å². The van der Waals surface area contributed by atoms with Gasteiger partial charge in [-0.3, -0.25) is 0 Å². The summed E-state index contributed by atoms with van der Waals surface area (Å²) in [7, 11) is 0. The molecule has 4 nitrogen and oxygen atoms in total. The summed E-state index contributed by atoms with van der Waals surface area (Å²) in [6.45, 7) is 1.56. The number of aromatic nitrogens is 1. The van der Waals surface area contributed by atoms with Crippen molar-refractivity contribution in [3.8, 4) is 10.6 Å². The van der Waals surface area contributed by atoms with Crippen molar-refractivity contribution < 1.29 is 14.6 Å². The number of carbonyl (C=O) groups is 1. The standard InChI is InChI=1S/C14H13NO3S/c16-14(17)10-3-1-9(2-4-10)13-15-12(8-19-13)11-5-6-18-7-11/h1-4,8,11H,5-7H2,(H,16,17). The van der Waals surface area contributed by atoms with Gasteiger partial charge < -0.3 is 9.84 Å². The number of thiazole rings is 1. The molecule has 1 aliphatic rings. The van der Waals surface area contributed by atoms with E-state index in [-0.39, 0.29) is 0 Å². The van der Waals surface area contributed by atoms with Gasteiger partial charge in [-0.05, 0) is 18.6 Å². The molecule has 2 heterocycles. The second kappa shape index (κ2) is 5.11. The number of hydrogen-bond donors (Lipinski definition) is 1. The third-order valence-electron chi connectivity index (χ3n) is 3.25. The highest BCUT2D eigenvalue weighted by Crippen LogP contribution is 2.30. The van der Waals surface area contributed by atoms with Crippen molar-refractivity contribution >= 4 is 17.3 Å². The monoisotopic (exact) mass is 275 g/mol. The van der Waals surface area contributed by atoms with Gasteiger partial charge in [-0.1, -0.05) is 12.1 Å². The minimum atomic E-state index is -0.908. The lowest BCUT2D eigenvalue weighted by atomic mass is 10.1. The second-order valence-corrected chi connectivity index (χ2v) is 5.38. The zero-order valence-corrected chi connectivity index (χ0v) is 11.0. The largest absolute Gasteiger partial charge is 0.478 e. The zero-order chi connectivity index (χ0) is 13.2. The van der Waals surface area contributed by atoms with Crippen molar-refractivity contribution in [2.75, 3.05) is 13.2 Å². The smallest absolute Gasteiger partial charge is 0.335 e. The fraction of sp³-hybridized carbons (Fsp3) is 0.286. The van der Waals surface area contributed by atoms with Crippen LogP contribution in [-0.2, 0) is 4.74 Å². The SMILES string of the molecule is O=C(O)c1ccc(-c2nc(C3CCOC3)cs2)cc1. The van der Waals surface area contributed by atoms with Crippen LogP contribution in [0.5, 0.6) is 0 Å². The first-order chi connectivity index (χ1) is 9.24. The average molecular weight is 275 g/mol. The molecule has 98 valence electrons. The van der Waals surface area contributed by atoms with Crippen LogP contribution in [0.15, 0.2) is 29.6 Å². The molecule has 0 radical (unpaired) electrons. The maximum atomic E-state index is 10.8. The molecule has 0 bridgehead atoms. The number of aromatic carboxylic acids is 1. The minimum absolute atomic E-state index is 0.296. The first-order valence-electron chi connectivity index (χ1n) is 6.11. The number of hydrogen-bond acceptors (Lipinski definition) is 4. The van der Waals surface area contributed by atoms with Gasteiger partial charge in [0.25, 0.3) is 0 Å². The number of benzene rings is 1. The lowest BCUT2D eigenvalue weighted by molar-refractivity contribution is 0.0697. The zero-order valence-electron chi connectivity index (χ0n) is 10.2. The van der Waals surface area contributed by atoms with Crippen LogP contribution in [0.4, 0.5) is 0 Å². The Bertz CT molecular complexity index is 585. The van der Waals surface area contributed by atoms with Crippen molar-refractivity contribution in [2.24, 2.45) is 0 Å². The summed E-state index contributed by atoms with van der Waals surface area (Å²) in [6, 6.07) is 6.82. The minimum Gasteiger partial charge on any atom is -0.478 e. The van der Waals surface area contributed by atoms with E-state index in [1.165, 1.54) is 0 Å². The Labute approximate surface area is 114 Å². The summed E-state index contributed by atoms with van der Waals surface area (Å²) in [4.78, 5) is 15.4. The molecule has 1 saturated heterocycles. The van der Waals surface area contributed by atoms with Crippen molar-refractivity contribution in [3.05, 3.63) is 40.9 Å². The van der Waals surface area contributed by atoms with Crippen molar-refractivity contribution in [1.82, 2.24) is 4.98 Å². The van der Waals surface area contributed by atoms with E-state index in [0.29, 0.717) is 11.5 Å². The van der Waals surface area contributed by atoms with Gasteiger partial charge in [-0.2, -0.15) is 0 Å². The Morgan fingerprint density at radius 1 is 1.37 bits per heavy atom. The van der Waals surface area contributed by atoms with Crippen molar-refractivity contribution in [2.45, 2.75) is 12.3 Å². The molecule has 0 spiro atoms. The molecule has 1 unspecified atom stereocenters. The van der Waals surface area contributed by atoms with Gasteiger partial charge in [0.1, 0.15) is 5.01 Å². The van der Waals surface area contributed by atoms with E-state index in [1.807, 2.05) is 0 Å². The normalized spacial score (nSPS) is 18.6. The van der Waals surface area contributed by atoms with Crippen molar-refractivity contribution in [3.63, 3.8) is 0 Å². The van der Waals surface area contributed by atoms with Gasteiger partial charge >= 0.3 is 5.97 Å². The Hall–Kier alpha value is -1.72. The summed E-state index contributed by atoms with van der Waals surface area (Å²) in [5.41, 5.74) is 2.34. The molecule has 1 aromatic heterocycles. The molecule has 1 fully saturated rings. The number of carboxylic acid groups (broad SMARTS) is 1. The third kappa shape index (κ3) is 2.52. The number of nitrogens with zero attached hydrogens (tertiary/aromatic N) is 1. The molecule has 0 amide bonds. The van der Waals surface area contributed by atoms with Crippen molar-refractivity contribution in [1.29, 1.82) is 0 Å². The van der Waals surface area contributed by atoms with Crippen LogP contribution >= 0.6 is 11.3 Å². The highest BCUT2D eigenvalue weighted by Gasteiger charge is 2.20. The predicted molar refractivity (Wildman–Crippen MR) is 72.7 cm³/mol. The van der Waals surface area contributed by atoms with Crippen LogP contribution in [0.2, 0.25) is 0 Å². The highest BCUT2D eigenvalue weighted by atomic mass is 32.1. The molecule has 1 N–H and O–H groups in total. The van der Waals surface area contributed by atoms with Crippen LogP contribution in [0.1, 0.15) is 28.4 Å². The number of rotatable bonds is 3. The van der Waals surface area contributed by atoms with Gasteiger partial charge in [0, 0.05) is 23.5 Å². The van der Waals surface area contributed by atoms with E-state index in [0.717, 1.165) is 35.9 Å². The van der Waals surface area contributed by atoms with Gasteiger partial charge in [-0.25, -0.2) is 9.78 Å². The van der Waals surface area contributed by atoms with Gasteiger partial charge in [0.05, 0.1) is 17.9 Å². The fourth-order valence-corrected chi connectivity index (χ4v) is 3.04. The van der Waals surface area contributed by atoms with E-state index in [4.69, 9.17) is 9.84 Å². The van der Waals surface area contributed by atoms with Gasteiger partial charge in [-0.15, -0.1) is 11.3 Å². The molecular formula is C14H13NO3S. The Kier molecular flexibility index (Phi) is 3.31. The predicted octanol–water partition coefficient (Wildman–Crippen LogP) is 3.01. The van der Waals surface area contributed by atoms with Crippen LogP contribution in [0.25, 0.3) is 10.6 Å². The Morgan fingerprint density at radius 2 is 2.16 bits per heavy atom. The Morgan fingerprint density at radius 3 is 2.79 bits per heavy atom. The average Bonchev–Trinajstić information content (AvgIpc) is 3.10. The third-order valence-corrected chi connectivity index (χ3v) is 4.16. The van der Waals surface area contributed by atoms with E-state index in [1.54, 1.807) is 35.6 Å². The molecule has 0 saturated carbocycles. The number of carboxylic acids is 1. The molecule has 2 aromatic rings. The quantitative estimate of drug-likeness (QED) is 0.935. The van der Waals surface area contributed by atoms with Gasteiger partial charge in [0.15, 0.2) is 0 Å². The highest BCUT2D eigenvalue weighted by molar-refractivity contribution is 7.13. The molecule has 3 rings (SSSR count). The summed E-state index contributed by atoms with van der Waals surface area (Å²) in [5.74, 6) is -0.502. The maximum Gasteiger partial charge on any atom is 0.335 e. The topological polar surface area (TPSA) is 59.4 Å². The maximum absolute atomic E-state index is 10.8. The second-order valence-electron chi connectivity index (χ2n) is 4.52. The summed E-state index contributed by atoms with van der Waals surface area (Å²) >= 11 is 1.59. The van der Waals surface area contributed by atoms with E-state index < -0.39 is 5.97 Å². The van der Waals surface area contributed by atoms with E-state index in [2.05, 4.69) is 10.4 Å². The van der Waals surface area contributed by atoms with Crippen LogP contribution < -0.4 is 0 Å². The fourth-order valence-electron chi connectivity index (χ4n) is 2.13. The van der Waals surface area contributed by atoms with Crippen LogP contribution in [-0.4, -0.2) is 29.3 Å². The Balaban J connectivity index is 1.83. The molecular weight excluding hydrogens is 262 g/mol. The van der Waals surface area contributed by atoms with Crippen LogP contribution in [0, 0.1) is 0 Å². The van der Waals surface area contributed by atoms with E-state index in [9.17, 15) is 4.79 Å². The van der Waals surface area contributed by atoms with Crippen LogP contribution in [0.3, 0.4) is 0 Å². The molecule has 5 heteroatoms. The lowest BCUT2D eigenvalue weighted by Gasteiger charge is -2.02. The lowest BCUT2D eigenvalue weighted by Crippen LogP contribution is -1.97. The molecule has 0 aliphatic carbocycles. The molecule has 19 heavy (non-hydrogen) atoms. The molecule has 1 atom stereocenters. The summed E-state index contributed by atoms with van der Waals surface area (Å²) in [5, 5.41) is 11.9. The molecule has 1 aliphatic heterocycles. The van der Waals surface area contributed by atoms with E-state index >= 15 is 0 Å². The summed E-state index contributed by atoms with van der Waals surface area (Å²) < 4.78 is 5.37. The molecule has 1 aromatic carbocycles. The summed E-state index contributed by atoms with van der Waals surface area (Å²) in [6.07, 6.45) is 1.03. The first-order valence-corrected chi connectivity index (χ1v) is 6.99. The number of ether oxygens (including phenoxy) is 1. The first kappa shape index (κ1) is 12.3.